The molecule has 0 saturated heterocycles. The van der Waals surface area contributed by atoms with Crippen molar-refractivity contribution < 1.29 is 0 Å². The van der Waals surface area contributed by atoms with E-state index in [0.717, 1.165) is 29.9 Å². The van der Waals surface area contributed by atoms with E-state index in [1.165, 1.54) is 24.0 Å². The third-order valence-electron chi connectivity index (χ3n) is 3.21. The Morgan fingerprint density at radius 2 is 1.81 bits per heavy atom. The molecule has 0 aliphatic heterocycles. The molecule has 1 aliphatic rings. The van der Waals surface area contributed by atoms with Crippen LogP contribution in [0.3, 0.4) is 0 Å². The van der Waals surface area contributed by atoms with Crippen LogP contribution in [-0.4, -0.2) is 19.1 Å². The fourth-order valence-corrected chi connectivity index (χ4v) is 2.45. The zero-order valence-corrected chi connectivity index (χ0v) is 10.2. The van der Waals surface area contributed by atoms with Gasteiger partial charge in [-0.15, -0.1) is 0 Å². The van der Waals surface area contributed by atoms with Gasteiger partial charge in [-0.2, -0.15) is 5.26 Å². The first-order valence-corrected chi connectivity index (χ1v) is 5.75. The Kier molecular flexibility index (Phi) is 2.82. The van der Waals surface area contributed by atoms with Crippen molar-refractivity contribution in [2.75, 3.05) is 19.0 Å². The summed E-state index contributed by atoms with van der Waals surface area (Å²) in [6.07, 6.45) is 4.49. The highest BCUT2D eigenvalue weighted by Gasteiger charge is 2.21. The second-order valence-electron chi connectivity index (χ2n) is 4.57. The van der Waals surface area contributed by atoms with Crippen LogP contribution in [0.1, 0.15) is 35.2 Å². The van der Waals surface area contributed by atoms with Gasteiger partial charge in [0, 0.05) is 14.1 Å². The Labute approximate surface area is 96.7 Å². The van der Waals surface area contributed by atoms with Crippen LogP contribution < -0.4 is 4.90 Å². The lowest BCUT2D eigenvalue weighted by atomic mass is 9.88. The predicted octanol–water partition coefficient (Wildman–Crippen LogP) is 2.21. The normalized spacial score (nSPS) is 14.1. The average Bonchev–Trinajstić information content (AvgIpc) is 2.28. The molecule has 3 nitrogen and oxygen atoms in total. The zero-order valence-electron chi connectivity index (χ0n) is 10.2. The van der Waals surface area contributed by atoms with Crippen molar-refractivity contribution in [1.29, 1.82) is 5.26 Å². The van der Waals surface area contributed by atoms with Gasteiger partial charge in [0.2, 0.25) is 0 Å². The fraction of sp³-hybridized carbons (Fsp3) is 0.538. The summed E-state index contributed by atoms with van der Waals surface area (Å²) in [6, 6.07) is 2.31. The molecule has 0 unspecified atom stereocenters. The summed E-state index contributed by atoms with van der Waals surface area (Å²) < 4.78 is 0. The summed E-state index contributed by atoms with van der Waals surface area (Å²) >= 11 is 0. The molecule has 1 aromatic heterocycles. The Balaban J connectivity index is 2.68. The second-order valence-corrected chi connectivity index (χ2v) is 4.57. The van der Waals surface area contributed by atoms with Crippen LogP contribution >= 0.6 is 0 Å². The van der Waals surface area contributed by atoms with Crippen LogP contribution in [0, 0.1) is 18.3 Å². The predicted molar refractivity (Wildman–Crippen MR) is 64.7 cm³/mol. The number of hydrogen-bond acceptors (Lipinski definition) is 3. The maximum absolute atomic E-state index is 9.20. The Bertz CT molecular complexity index is 455. The van der Waals surface area contributed by atoms with E-state index < -0.39 is 0 Å². The molecule has 1 aromatic rings. The van der Waals surface area contributed by atoms with Gasteiger partial charge in [0.1, 0.15) is 11.9 Å². The first-order valence-electron chi connectivity index (χ1n) is 5.75. The standard InChI is InChI=1S/C13H17N3/c1-9-12(8-14)10-6-4-5-7-11(10)13(15-9)16(2)3/h4-7H2,1-3H3. The first-order chi connectivity index (χ1) is 7.65. The lowest BCUT2D eigenvalue weighted by Crippen LogP contribution is -2.18. The summed E-state index contributed by atoms with van der Waals surface area (Å²) in [5.41, 5.74) is 4.20. The van der Waals surface area contributed by atoms with Gasteiger partial charge in [-0.05, 0) is 43.7 Å². The van der Waals surface area contributed by atoms with E-state index in [-0.39, 0.29) is 0 Å². The molecule has 16 heavy (non-hydrogen) atoms. The van der Waals surface area contributed by atoms with Crippen LogP contribution in [-0.2, 0) is 12.8 Å². The Morgan fingerprint density at radius 3 is 2.38 bits per heavy atom. The smallest absolute Gasteiger partial charge is 0.131 e. The summed E-state index contributed by atoms with van der Waals surface area (Å²) in [5.74, 6) is 1.05. The van der Waals surface area contributed by atoms with Crippen molar-refractivity contribution in [1.82, 2.24) is 4.98 Å². The monoisotopic (exact) mass is 215 g/mol. The molecule has 0 spiro atoms. The topological polar surface area (TPSA) is 39.9 Å². The highest BCUT2D eigenvalue weighted by atomic mass is 15.1. The molecule has 1 aliphatic carbocycles. The molecule has 1 heterocycles. The molecule has 0 N–H and O–H groups in total. The molecular weight excluding hydrogens is 198 g/mol. The number of rotatable bonds is 1. The third-order valence-corrected chi connectivity index (χ3v) is 3.21. The van der Waals surface area contributed by atoms with Crippen LogP contribution in [0.2, 0.25) is 0 Å². The molecule has 0 amide bonds. The van der Waals surface area contributed by atoms with Crippen molar-refractivity contribution in [3.05, 3.63) is 22.4 Å². The number of nitriles is 1. The molecule has 0 fully saturated rings. The van der Waals surface area contributed by atoms with Gasteiger partial charge in [-0.1, -0.05) is 0 Å². The average molecular weight is 215 g/mol. The van der Waals surface area contributed by atoms with Crippen molar-refractivity contribution >= 4 is 5.82 Å². The highest BCUT2D eigenvalue weighted by molar-refractivity contribution is 5.58. The number of fused-ring (bicyclic) bond motifs is 1. The summed E-state index contributed by atoms with van der Waals surface area (Å²) in [7, 11) is 4.03. The van der Waals surface area contributed by atoms with Crippen LogP contribution in [0.4, 0.5) is 5.82 Å². The number of hydrogen-bond donors (Lipinski definition) is 0. The van der Waals surface area contributed by atoms with Crippen molar-refractivity contribution in [2.24, 2.45) is 0 Å². The van der Waals surface area contributed by atoms with E-state index in [1.54, 1.807) is 0 Å². The summed E-state index contributed by atoms with van der Waals surface area (Å²) in [4.78, 5) is 6.61. The minimum absolute atomic E-state index is 0.806. The molecule has 0 radical (unpaired) electrons. The fourth-order valence-electron chi connectivity index (χ4n) is 2.45. The van der Waals surface area contributed by atoms with Gasteiger partial charge >= 0.3 is 0 Å². The number of aryl methyl sites for hydroxylation is 1. The van der Waals surface area contributed by atoms with Gasteiger partial charge in [-0.25, -0.2) is 4.98 Å². The highest BCUT2D eigenvalue weighted by Crippen LogP contribution is 2.31. The van der Waals surface area contributed by atoms with Crippen molar-refractivity contribution in [3.63, 3.8) is 0 Å². The molecule has 84 valence electrons. The van der Waals surface area contributed by atoms with E-state index in [1.807, 2.05) is 21.0 Å². The summed E-state index contributed by atoms with van der Waals surface area (Å²) in [6.45, 7) is 1.93. The molecule has 0 saturated carbocycles. The Morgan fingerprint density at radius 1 is 1.19 bits per heavy atom. The first kappa shape index (κ1) is 10.9. The van der Waals surface area contributed by atoms with Gasteiger partial charge in [0.05, 0.1) is 11.3 Å². The molecule has 2 rings (SSSR count). The van der Waals surface area contributed by atoms with Gasteiger partial charge < -0.3 is 4.90 Å². The van der Waals surface area contributed by atoms with Gasteiger partial charge in [-0.3, -0.25) is 0 Å². The molecular formula is C13H17N3. The van der Waals surface area contributed by atoms with Crippen LogP contribution in [0.15, 0.2) is 0 Å². The van der Waals surface area contributed by atoms with Gasteiger partial charge in [0.15, 0.2) is 0 Å². The number of nitrogens with zero attached hydrogens (tertiary/aromatic N) is 3. The van der Waals surface area contributed by atoms with Crippen molar-refractivity contribution in [3.8, 4) is 6.07 Å². The minimum Gasteiger partial charge on any atom is -0.362 e. The minimum atomic E-state index is 0.806. The largest absolute Gasteiger partial charge is 0.362 e. The van der Waals surface area contributed by atoms with E-state index in [4.69, 9.17) is 0 Å². The third kappa shape index (κ3) is 1.65. The Hall–Kier alpha value is -1.56. The molecule has 0 aromatic carbocycles. The number of aromatic nitrogens is 1. The SMILES string of the molecule is Cc1nc(N(C)C)c2c(c1C#N)CCCC2. The lowest BCUT2D eigenvalue weighted by molar-refractivity contribution is 0.677. The maximum atomic E-state index is 9.20. The van der Waals surface area contributed by atoms with E-state index in [0.29, 0.717) is 0 Å². The van der Waals surface area contributed by atoms with E-state index >= 15 is 0 Å². The van der Waals surface area contributed by atoms with Gasteiger partial charge in [0.25, 0.3) is 0 Å². The molecule has 3 heteroatoms. The number of pyridine rings is 1. The number of anilines is 1. The summed E-state index contributed by atoms with van der Waals surface area (Å²) in [5, 5.41) is 9.20. The van der Waals surface area contributed by atoms with E-state index in [2.05, 4.69) is 16.0 Å². The van der Waals surface area contributed by atoms with Crippen molar-refractivity contribution in [2.45, 2.75) is 32.6 Å². The maximum Gasteiger partial charge on any atom is 0.131 e. The van der Waals surface area contributed by atoms with Crippen LogP contribution in [0.5, 0.6) is 0 Å². The van der Waals surface area contributed by atoms with Crippen LogP contribution in [0.25, 0.3) is 0 Å². The van der Waals surface area contributed by atoms with E-state index in [9.17, 15) is 5.26 Å². The zero-order chi connectivity index (χ0) is 11.7. The quantitative estimate of drug-likeness (QED) is 0.721. The molecule has 0 atom stereocenters. The second kappa shape index (κ2) is 4.13. The lowest BCUT2D eigenvalue weighted by Gasteiger charge is -2.24. The molecule has 0 bridgehead atoms.